The van der Waals surface area contributed by atoms with Crippen molar-refractivity contribution in [1.82, 2.24) is 25.0 Å². The topological polar surface area (TPSA) is 105 Å². The summed E-state index contributed by atoms with van der Waals surface area (Å²) in [5, 5.41) is 17.8. The van der Waals surface area contributed by atoms with Gasteiger partial charge < -0.3 is 9.74 Å². The van der Waals surface area contributed by atoms with Gasteiger partial charge in [0.1, 0.15) is 5.82 Å². The van der Waals surface area contributed by atoms with Gasteiger partial charge in [0.05, 0.1) is 11.4 Å². The SMILES string of the molecule is CCc1c(C)nn2c1C=C(NCCc1cccc(CCO[Si](C)(C)C(C)(C)C)n1)N(C#N)C2N. The second-order valence-electron chi connectivity index (χ2n) is 10.3. The Morgan fingerprint density at radius 3 is 2.53 bits per heavy atom. The second-order valence-corrected chi connectivity index (χ2v) is 15.1. The van der Waals surface area contributed by atoms with E-state index in [1.807, 2.05) is 19.1 Å². The lowest BCUT2D eigenvalue weighted by atomic mass is 10.1. The zero-order valence-corrected chi connectivity index (χ0v) is 22.6. The summed E-state index contributed by atoms with van der Waals surface area (Å²) in [6, 6.07) is 6.15. The predicted octanol–water partition coefficient (Wildman–Crippen LogP) is 4.06. The Hall–Kier alpha value is -2.67. The van der Waals surface area contributed by atoms with Gasteiger partial charge in [0.25, 0.3) is 0 Å². The van der Waals surface area contributed by atoms with Gasteiger partial charge in [-0.15, -0.1) is 0 Å². The van der Waals surface area contributed by atoms with E-state index in [9.17, 15) is 5.26 Å². The summed E-state index contributed by atoms with van der Waals surface area (Å²) in [5.41, 5.74) is 11.5. The molecule has 0 fully saturated rings. The van der Waals surface area contributed by atoms with E-state index in [0.717, 1.165) is 47.6 Å². The lowest BCUT2D eigenvalue weighted by Gasteiger charge is -2.36. The molecule has 1 aliphatic heterocycles. The molecule has 2 aromatic heterocycles. The molecule has 0 radical (unpaired) electrons. The van der Waals surface area contributed by atoms with Crippen LogP contribution in [0, 0.1) is 18.4 Å². The molecule has 1 aliphatic rings. The molecule has 8 nitrogen and oxygen atoms in total. The summed E-state index contributed by atoms with van der Waals surface area (Å²) >= 11 is 0. The Balaban J connectivity index is 1.62. The average Bonchev–Trinajstić information content (AvgIpc) is 3.08. The third-order valence-corrected chi connectivity index (χ3v) is 11.5. The van der Waals surface area contributed by atoms with Crippen molar-refractivity contribution in [2.75, 3.05) is 13.2 Å². The fourth-order valence-corrected chi connectivity index (χ4v) is 4.89. The summed E-state index contributed by atoms with van der Waals surface area (Å²) in [6.07, 6.45) is 5.90. The number of hydrogen-bond acceptors (Lipinski definition) is 7. The van der Waals surface area contributed by atoms with Crippen LogP contribution in [0.25, 0.3) is 6.08 Å². The zero-order chi connectivity index (χ0) is 25.1. The molecule has 9 heteroatoms. The smallest absolute Gasteiger partial charge is 0.191 e. The number of hydrogen-bond donors (Lipinski definition) is 2. The van der Waals surface area contributed by atoms with Gasteiger partial charge in [0.2, 0.25) is 0 Å². The quantitative estimate of drug-likeness (QED) is 0.411. The molecular formula is C25H39N7OSi. The maximum Gasteiger partial charge on any atom is 0.191 e. The normalized spacial score (nSPS) is 16.1. The first-order valence-electron chi connectivity index (χ1n) is 12.1. The van der Waals surface area contributed by atoms with Crippen LogP contribution in [0.15, 0.2) is 24.0 Å². The van der Waals surface area contributed by atoms with Crippen molar-refractivity contribution in [3.8, 4) is 6.19 Å². The fourth-order valence-electron chi connectivity index (χ4n) is 3.85. The highest BCUT2D eigenvalue weighted by Gasteiger charge is 2.36. The van der Waals surface area contributed by atoms with Gasteiger partial charge in [0, 0.05) is 49.0 Å². The highest BCUT2D eigenvalue weighted by Crippen LogP contribution is 2.36. The predicted molar refractivity (Wildman–Crippen MR) is 138 cm³/mol. The van der Waals surface area contributed by atoms with E-state index < -0.39 is 14.6 Å². The molecule has 0 saturated carbocycles. The second kappa shape index (κ2) is 10.3. The van der Waals surface area contributed by atoms with Crippen LogP contribution in [-0.4, -0.2) is 41.1 Å². The summed E-state index contributed by atoms with van der Waals surface area (Å²) in [7, 11) is -1.75. The van der Waals surface area contributed by atoms with E-state index in [-0.39, 0.29) is 5.04 Å². The molecule has 3 rings (SSSR count). The van der Waals surface area contributed by atoms with E-state index in [1.165, 1.54) is 4.90 Å². The number of aromatic nitrogens is 3. The molecule has 1 atom stereocenters. The molecule has 3 heterocycles. The van der Waals surface area contributed by atoms with Crippen LogP contribution in [0.5, 0.6) is 0 Å². The molecule has 0 bridgehead atoms. The molecule has 2 aromatic rings. The van der Waals surface area contributed by atoms with Crippen LogP contribution < -0.4 is 11.1 Å². The number of nitrogens with one attached hydrogen (secondary N) is 1. The minimum absolute atomic E-state index is 0.204. The van der Waals surface area contributed by atoms with E-state index in [1.54, 1.807) is 4.68 Å². The molecule has 184 valence electrons. The Kier molecular flexibility index (Phi) is 7.86. The van der Waals surface area contributed by atoms with Gasteiger partial charge in [-0.2, -0.15) is 10.4 Å². The van der Waals surface area contributed by atoms with Crippen LogP contribution in [0.3, 0.4) is 0 Å². The van der Waals surface area contributed by atoms with Crippen LogP contribution in [-0.2, 0) is 23.7 Å². The Labute approximate surface area is 204 Å². The number of nitriles is 1. The molecule has 3 N–H and O–H groups in total. The van der Waals surface area contributed by atoms with Crippen LogP contribution >= 0.6 is 0 Å². The van der Waals surface area contributed by atoms with Crippen molar-refractivity contribution >= 4 is 14.4 Å². The molecule has 34 heavy (non-hydrogen) atoms. The standard InChI is InChI=1S/C25H39N7OSi/c1-8-21-18(2)30-32-22(21)16-23(31(17-26)24(32)27)28-14-12-19-10-9-11-20(29-19)13-15-33-34(6,7)25(3,4)5/h9-11,16,24,28H,8,12-15,27H2,1-7H3. The van der Waals surface area contributed by atoms with E-state index in [2.05, 4.69) is 69.5 Å². The number of fused-ring (bicyclic) bond motifs is 1. The van der Waals surface area contributed by atoms with E-state index in [4.69, 9.17) is 15.1 Å². The van der Waals surface area contributed by atoms with Crippen LogP contribution in [0.1, 0.15) is 62.3 Å². The molecule has 0 saturated heterocycles. The summed E-state index contributed by atoms with van der Waals surface area (Å²) in [5.74, 6) is 0.691. The monoisotopic (exact) mass is 481 g/mol. The molecule has 0 aromatic carbocycles. The maximum absolute atomic E-state index is 9.69. The molecule has 0 spiro atoms. The third kappa shape index (κ3) is 5.51. The Bertz CT molecular complexity index is 1080. The molecule has 0 aliphatic carbocycles. The van der Waals surface area contributed by atoms with Crippen molar-refractivity contribution in [2.24, 2.45) is 5.73 Å². The minimum atomic E-state index is -1.75. The number of rotatable bonds is 9. The lowest BCUT2D eigenvalue weighted by Crippen LogP contribution is -2.43. The first-order chi connectivity index (χ1) is 16.0. The van der Waals surface area contributed by atoms with E-state index >= 15 is 0 Å². The van der Waals surface area contributed by atoms with Crippen molar-refractivity contribution in [2.45, 2.75) is 78.3 Å². The Morgan fingerprint density at radius 2 is 1.91 bits per heavy atom. The number of pyridine rings is 1. The van der Waals surface area contributed by atoms with Crippen LogP contribution in [0.4, 0.5) is 0 Å². The number of nitrogens with zero attached hydrogens (tertiary/aromatic N) is 5. The third-order valence-electron chi connectivity index (χ3n) is 6.94. The van der Waals surface area contributed by atoms with E-state index in [0.29, 0.717) is 19.0 Å². The highest BCUT2D eigenvalue weighted by atomic mass is 28.4. The number of nitrogens with two attached hydrogens (primary N) is 1. The van der Waals surface area contributed by atoms with Crippen LogP contribution in [0.2, 0.25) is 18.1 Å². The molecule has 0 amide bonds. The zero-order valence-electron chi connectivity index (χ0n) is 21.6. The van der Waals surface area contributed by atoms with Crippen molar-refractivity contribution in [1.29, 1.82) is 5.26 Å². The van der Waals surface area contributed by atoms with Gasteiger partial charge in [-0.3, -0.25) is 10.7 Å². The fraction of sp³-hybridized carbons (Fsp3) is 0.560. The highest BCUT2D eigenvalue weighted by molar-refractivity contribution is 6.74. The first-order valence-corrected chi connectivity index (χ1v) is 15.0. The summed E-state index contributed by atoms with van der Waals surface area (Å²) < 4.78 is 8.03. The summed E-state index contributed by atoms with van der Waals surface area (Å²) in [4.78, 5) is 6.28. The molecular weight excluding hydrogens is 442 g/mol. The van der Waals surface area contributed by atoms with Crippen molar-refractivity contribution in [3.63, 3.8) is 0 Å². The van der Waals surface area contributed by atoms with Gasteiger partial charge >= 0.3 is 0 Å². The van der Waals surface area contributed by atoms with Gasteiger partial charge in [-0.1, -0.05) is 33.8 Å². The number of aryl methyl sites for hydroxylation is 1. The van der Waals surface area contributed by atoms with Crippen molar-refractivity contribution < 1.29 is 4.43 Å². The lowest BCUT2D eigenvalue weighted by molar-refractivity contribution is 0.230. The first kappa shape index (κ1) is 25.9. The van der Waals surface area contributed by atoms with Gasteiger partial charge in [0.15, 0.2) is 20.8 Å². The van der Waals surface area contributed by atoms with Crippen molar-refractivity contribution in [3.05, 3.63) is 52.4 Å². The average molecular weight is 482 g/mol. The van der Waals surface area contributed by atoms with Gasteiger partial charge in [-0.25, -0.2) is 9.58 Å². The minimum Gasteiger partial charge on any atom is -0.416 e. The maximum atomic E-state index is 9.69. The largest absolute Gasteiger partial charge is 0.416 e. The summed E-state index contributed by atoms with van der Waals surface area (Å²) in [6.45, 7) is 16.7. The Morgan fingerprint density at radius 1 is 1.24 bits per heavy atom. The molecule has 1 unspecified atom stereocenters. The van der Waals surface area contributed by atoms with Gasteiger partial charge in [-0.05, 0) is 43.6 Å².